The molecule has 0 amide bonds. The Labute approximate surface area is 89.6 Å². The summed E-state index contributed by atoms with van der Waals surface area (Å²) in [5.41, 5.74) is 1.08. The van der Waals surface area contributed by atoms with Crippen LogP contribution < -0.4 is 4.74 Å². The summed E-state index contributed by atoms with van der Waals surface area (Å²) in [5.74, 6) is 1.41. The van der Waals surface area contributed by atoms with Crippen LogP contribution in [0, 0.1) is 5.92 Å². The van der Waals surface area contributed by atoms with Crippen LogP contribution in [-0.4, -0.2) is 32.0 Å². The number of hydrogen-bond acceptors (Lipinski definition) is 3. The van der Waals surface area contributed by atoms with Gasteiger partial charge in [-0.3, -0.25) is 0 Å². The fourth-order valence-corrected chi connectivity index (χ4v) is 1.96. The fraction of sp³-hybridized carbons (Fsp3) is 0.500. The molecule has 1 aliphatic rings. The van der Waals surface area contributed by atoms with E-state index in [0.717, 1.165) is 24.5 Å². The number of ether oxygens (including phenoxy) is 2. The zero-order valence-electron chi connectivity index (χ0n) is 8.85. The van der Waals surface area contributed by atoms with E-state index in [2.05, 4.69) is 0 Å². The third kappa shape index (κ3) is 1.98. The lowest BCUT2D eigenvalue weighted by Crippen LogP contribution is -2.34. The minimum absolute atomic E-state index is 0.134. The third-order valence-corrected chi connectivity index (χ3v) is 2.97. The number of methoxy groups -OCH3 is 1. The van der Waals surface area contributed by atoms with Gasteiger partial charge in [-0.15, -0.1) is 0 Å². The first-order valence-corrected chi connectivity index (χ1v) is 5.18. The maximum absolute atomic E-state index is 9.42. The summed E-state index contributed by atoms with van der Waals surface area (Å²) in [6.07, 6.45) is 0. The molecule has 15 heavy (non-hydrogen) atoms. The molecule has 1 atom stereocenters. The average Bonchev–Trinajstić information content (AvgIpc) is 2.23. The van der Waals surface area contributed by atoms with Crippen molar-refractivity contribution >= 4 is 0 Å². The molecule has 0 saturated carbocycles. The average molecular weight is 208 g/mol. The van der Waals surface area contributed by atoms with Gasteiger partial charge in [0.25, 0.3) is 0 Å². The van der Waals surface area contributed by atoms with E-state index in [1.165, 1.54) is 0 Å². The fourth-order valence-electron chi connectivity index (χ4n) is 1.96. The topological polar surface area (TPSA) is 38.7 Å². The smallest absolute Gasteiger partial charge is 0.122 e. The summed E-state index contributed by atoms with van der Waals surface area (Å²) in [6.45, 7) is 1.63. The summed E-state index contributed by atoms with van der Waals surface area (Å²) >= 11 is 0. The van der Waals surface area contributed by atoms with Gasteiger partial charge in [0.15, 0.2) is 0 Å². The summed E-state index contributed by atoms with van der Waals surface area (Å²) in [6, 6.07) is 7.85. The minimum Gasteiger partial charge on any atom is -0.496 e. The molecular formula is C12H16O3. The van der Waals surface area contributed by atoms with Gasteiger partial charge in [0.05, 0.1) is 26.9 Å². The van der Waals surface area contributed by atoms with Gasteiger partial charge < -0.3 is 14.6 Å². The number of para-hydroxylation sites is 1. The van der Waals surface area contributed by atoms with Crippen molar-refractivity contribution in [3.63, 3.8) is 0 Å². The molecule has 82 valence electrons. The maximum Gasteiger partial charge on any atom is 0.122 e. The molecule has 0 radical (unpaired) electrons. The Kier molecular flexibility index (Phi) is 3.23. The molecule has 1 heterocycles. The highest BCUT2D eigenvalue weighted by Crippen LogP contribution is 2.34. The van der Waals surface area contributed by atoms with Crippen LogP contribution in [0.2, 0.25) is 0 Å². The number of aliphatic hydroxyl groups excluding tert-OH is 1. The first kappa shape index (κ1) is 10.5. The van der Waals surface area contributed by atoms with E-state index in [4.69, 9.17) is 9.47 Å². The summed E-state index contributed by atoms with van der Waals surface area (Å²) in [4.78, 5) is 0. The van der Waals surface area contributed by atoms with Gasteiger partial charge in [0.1, 0.15) is 5.75 Å². The molecule has 0 aromatic heterocycles. The van der Waals surface area contributed by atoms with Crippen molar-refractivity contribution in [3.8, 4) is 5.75 Å². The highest BCUT2D eigenvalue weighted by atomic mass is 16.5. The van der Waals surface area contributed by atoms with Gasteiger partial charge in [0.2, 0.25) is 0 Å². The van der Waals surface area contributed by atoms with E-state index in [-0.39, 0.29) is 12.5 Å². The lowest BCUT2D eigenvalue weighted by atomic mass is 9.85. The molecule has 3 nitrogen and oxygen atoms in total. The monoisotopic (exact) mass is 208 g/mol. The van der Waals surface area contributed by atoms with Crippen molar-refractivity contribution in [1.29, 1.82) is 0 Å². The van der Waals surface area contributed by atoms with Gasteiger partial charge in [-0.25, -0.2) is 0 Å². The van der Waals surface area contributed by atoms with E-state index in [1.54, 1.807) is 7.11 Å². The second-order valence-corrected chi connectivity index (χ2v) is 3.83. The van der Waals surface area contributed by atoms with Crippen molar-refractivity contribution < 1.29 is 14.6 Å². The number of rotatable bonds is 4. The Hall–Kier alpha value is -1.06. The van der Waals surface area contributed by atoms with Crippen LogP contribution in [0.15, 0.2) is 24.3 Å². The number of benzene rings is 1. The zero-order chi connectivity index (χ0) is 10.7. The maximum atomic E-state index is 9.42. The number of aliphatic hydroxyl groups is 1. The van der Waals surface area contributed by atoms with Crippen LogP contribution in [0.25, 0.3) is 0 Å². The second kappa shape index (κ2) is 4.64. The Morgan fingerprint density at radius 1 is 1.47 bits per heavy atom. The van der Waals surface area contributed by atoms with Crippen molar-refractivity contribution in [3.05, 3.63) is 29.8 Å². The number of hydrogen-bond donors (Lipinski definition) is 1. The zero-order valence-corrected chi connectivity index (χ0v) is 8.85. The molecule has 1 unspecified atom stereocenters. The molecule has 0 spiro atoms. The van der Waals surface area contributed by atoms with Crippen molar-refractivity contribution in [2.75, 3.05) is 26.9 Å². The van der Waals surface area contributed by atoms with E-state index in [0.29, 0.717) is 5.92 Å². The lowest BCUT2D eigenvalue weighted by molar-refractivity contribution is -0.0530. The SMILES string of the molecule is COc1ccccc1C(CO)C1COC1. The highest BCUT2D eigenvalue weighted by molar-refractivity contribution is 5.37. The van der Waals surface area contributed by atoms with Gasteiger partial charge >= 0.3 is 0 Å². The predicted molar refractivity (Wildman–Crippen MR) is 57.1 cm³/mol. The molecule has 3 heteroatoms. The quantitative estimate of drug-likeness (QED) is 0.813. The minimum atomic E-state index is 0.134. The predicted octanol–water partition coefficient (Wildman–Crippen LogP) is 1.42. The van der Waals surface area contributed by atoms with Crippen molar-refractivity contribution in [1.82, 2.24) is 0 Å². The second-order valence-electron chi connectivity index (χ2n) is 3.83. The van der Waals surface area contributed by atoms with Crippen LogP contribution in [0.3, 0.4) is 0 Å². The first-order chi connectivity index (χ1) is 7.36. The van der Waals surface area contributed by atoms with Gasteiger partial charge in [-0.2, -0.15) is 0 Å². The van der Waals surface area contributed by atoms with E-state index in [9.17, 15) is 5.11 Å². The molecule has 0 bridgehead atoms. The Morgan fingerprint density at radius 3 is 2.73 bits per heavy atom. The van der Waals surface area contributed by atoms with Gasteiger partial charge in [0, 0.05) is 11.8 Å². The Morgan fingerprint density at radius 2 is 2.20 bits per heavy atom. The molecule has 2 rings (SSSR count). The van der Waals surface area contributed by atoms with Crippen molar-refractivity contribution in [2.24, 2.45) is 5.92 Å². The van der Waals surface area contributed by atoms with Gasteiger partial charge in [-0.1, -0.05) is 18.2 Å². The molecule has 1 aliphatic heterocycles. The van der Waals surface area contributed by atoms with Crippen LogP contribution >= 0.6 is 0 Å². The third-order valence-electron chi connectivity index (χ3n) is 2.97. The summed E-state index contributed by atoms with van der Waals surface area (Å²) in [7, 11) is 1.66. The first-order valence-electron chi connectivity index (χ1n) is 5.18. The molecule has 1 fully saturated rings. The summed E-state index contributed by atoms with van der Waals surface area (Å²) in [5, 5.41) is 9.42. The largest absolute Gasteiger partial charge is 0.496 e. The molecule has 1 N–H and O–H groups in total. The normalized spacial score (nSPS) is 18.3. The highest BCUT2D eigenvalue weighted by Gasteiger charge is 2.30. The van der Waals surface area contributed by atoms with Crippen LogP contribution in [0.5, 0.6) is 5.75 Å². The van der Waals surface area contributed by atoms with Crippen LogP contribution in [-0.2, 0) is 4.74 Å². The van der Waals surface area contributed by atoms with Crippen LogP contribution in [0.1, 0.15) is 11.5 Å². The Bertz CT molecular complexity index is 320. The molecule has 1 aromatic rings. The lowest BCUT2D eigenvalue weighted by Gasteiger charge is -2.33. The van der Waals surface area contributed by atoms with Crippen molar-refractivity contribution in [2.45, 2.75) is 5.92 Å². The molecule has 1 aromatic carbocycles. The van der Waals surface area contributed by atoms with E-state index < -0.39 is 0 Å². The van der Waals surface area contributed by atoms with E-state index >= 15 is 0 Å². The molecular weight excluding hydrogens is 192 g/mol. The summed E-state index contributed by atoms with van der Waals surface area (Å²) < 4.78 is 10.5. The standard InChI is InChI=1S/C12H16O3/c1-14-12-5-3-2-4-10(12)11(6-13)9-7-15-8-9/h2-5,9,11,13H,6-8H2,1H3. The van der Waals surface area contributed by atoms with E-state index in [1.807, 2.05) is 24.3 Å². The van der Waals surface area contributed by atoms with Crippen LogP contribution in [0.4, 0.5) is 0 Å². The van der Waals surface area contributed by atoms with Gasteiger partial charge in [-0.05, 0) is 11.6 Å². The molecule has 0 aliphatic carbocycles. The molecule has 1 saturated heterocycles. The Balaban J connectivity index is 2.24.